The number of H-pyrrole nitrogens is 1. The smallest absolute Gasteiger partial charge is 0.189 e. The normalized spacial score (nSPS) is 11.9. The molecule has 0 fully saturated rings. The van der Waals surface area contributed by atoms with E-state index in [-0.39, 0.29) is 5.43 Å². The first-order valence-electron chi connectivity index (χ1n) is 4.53. The number of rotatable bonds is 1. The van der Waals surface area contributed by atoms with E-state index in [0.717, 1.165) is 11.1 Å². The second-order valence-corrected chi connectivity index (χ2v) is 3.29. The topological polar surface area (TPSA) is 65.5 Å². The van der Waals surface area contributed by atoms with Gasteiger partial charge in [0.2, 0.25) is 0 Å². The van der Waals surface area contributed by atoms with Gasteiger partial charge >= 0.3 is 0 Å². The molecule has 0 amide bonds. The number of fused-ring (bicyclic) bond motifs is 1. The lowest BCUT2D eigenvalue weighted by Gasteiger charge is -2.00. The maximum atomic E-state index is 11.5. The predicted molar refractivity (Wildman–Crippen MR) is 58.6 cm³/mol. The van der Waals surface area contributed by atoms with Crippen molar-refractivity contribution in [1.82, 2.24) is 4.98 Å². The second kappa shape index (κ2) is 3.57. The fourth-order valence-electron chi connectivity index (χ4n) is 1.45. The van der Waals surface area contributed by atoms with E-state index in [1.807, 2.05) is 0 Å². The van der Waals surface area contributed by atoms with Gasteiger partial charge in [0.15, 0.2) is 5.43 Å². The van der Waals surface area contributed by atoms with Gasteiger partial charge in [0.05, 0.1) is 5.71 Å². The van der Waals surface area contributed by atoms with Crippen LogP contribution in [0.15, 0.2) is 40.4 Å². The highest BCUT2D eigenvalue weighted by Crippen LogP contribution is 2.10. The number of benzene rings is 1. The Morgan fingerprint density at radius 3 is 2.93 bits per heavy atom. The van der Waals surface area contributed by atoms with E-state index in [4.69, 9.17) is 5.21 Å². The molecule has 2 aromatic rings. The van der Waals surface area contributed by atoms with Crippen LogP contribution >= 0.6 is 0 Å². The molecule has 0 saturated carbocycles. The summed E-state index contributed by atoms with van der Waals surface area (Å²) in [5.74, 6) is 0. The summed E-state index contributed by atoms with van der Waals surface area (Å²) < 4.78 is 0. The molecule has 0 radical (unpaired) electrons. The Hall–Kier alpha value is -2.10. The standard InChI is InChI=1S/C11H10N2O2/c1-7(13-15)8-2-3-10-9(6-8)11(14)4-5-12-10/h2-6,15H,1H3,(H,12,14). The van der Waals surface area contributed by atoms with Crippen LogP contribution in [-0.4, -0.2) is 15.9 Å². The third-order valence-corrected chi connectivity index (χ3v) is 2.33. The van der Waals surface area contributed by atoms with Crippen LogP contribution in [0.4, 0.5) is 0 Å². The summed E-state index contributed by atoms with van der Waals surface area (Å²) in [6.07, 6.45) is 1.61. The molecule has 1 aromatic carbocycles. The first-order valence-corrected chi connectivity index (χ1v) is 4.53. The van der Waals surface area contributed by atoms with Crippen LogP contribution < -0.4 is 5.43 Å². The third kappa shape index (κ3) is 1.61. The van der Waals surface area contributed by atoms with Gasteiger partial charge < -0.3 is 10.2 Å². The molecule has 2 N–H and O–H groups in total. The molecule has 0 atom stereocenters. The van der Waals surface area contributed by atoms with E-state index < -0.39 is 0 Å². The Kier molecular flexibility index (Phi) is 2.25. The summed E-state index contributed by atoms with van der Waals surface area (Å²) in [4.78, 5) is 14.5. The van der Waals surface area contributed by atoms with Crippen molar-refractivity contribution in [3.63, 3.8) is 0 Å². The number of nitrogens with one attached hydrogen (secondary N) is 1. The zero-order valence-electron chi connectivity index (χ0n) is 8.19. The highest BCUT2D eigenvalue weighted by molar-refractivity contribution is 6.01. The molecule has 76 valence electrons. The van der Waals surface area contributed by atoms with E-state index >= 15 is 0 Å². The van der Waals surface area contributed by atoms with E-state index in [1.54, 1.807) is 31.3 Å². The molecule has 0 bridgehead atoms. The van der Waals surface area contributed by atoms with Crippen molar-refractivity contribution >= 4 is 16.6 Å². The Bertz CT molecular complexity index is 584. The molecular weight excluding hydrogens is 192 g/mol. The summed E-state index contributed by atoms with van der Waals surface area (Å²) in [7, 11) is 0. The zero-order valence-corrected chi connectivity index (χ0v) is 8.19. The number of oxime groups is 1. The average molecular weight is 202 g/mol. The molecule has 0 spiro atoms. The Morgan fingerprint density at radius 2 is 2.20 bits per heavy atom. The molecule has 2 rings (SSSR count). The maximum absolute atomic E-state index is 11.5. The molecule has 0 aliphatic carbocycles. The van der Waals surface area contributed by atoms with Gasteiger partial charge in [-0.15, -0.1) is 0 Å². The molecule has 1 aromatic heterocycles. The minimum Gasteiger partial charge on any atom is -0.411 e. The van der Waals surface area contributed by atoms with Crippen molar-refractivity contribution in [2.75, 3.05) is 0 Å². The van der Waals surface area contributed by atoms with Crippen LogP contribution in [0.2, 0.25) is 0 Å². The Balaban J connectivity index is 2.76. The molecule has 0 saturated heterocycles. The first kappa shape index (κ1) is 9.45. The van der Waals surface area contributed by atoms with Gasteiger partial charge in [-0.3, -0.25) is 4.79 Å². The Labute approximate surface area is 85.9 Å². The van der Waals surface area contributed by atoms with Crippen molar-refractivity contribution in [3.8, 4) is 0 Å². The summed E-state index contributed by atoms with van der Waals surface area (Å²) in [6.45, 7) is 1.68. The molecular formula is C11H10N2O2. The van der Waals surface area contributed by atoms with Gasteiger partial charge in [0, 0.05) is 23.2 Å². The van der Waals surface area contributed by atoms with Gasteiger partial charge in [-0.05, 0) is 24.6 Å². The average Bonchev–Trinajstić information content (AvgIpc) is 2.28. The van der Waals surface area contributed by atoms with E-state index in [0.29, 0.717) is 11.1 Å². The fourth-order valence-corrected chi connectivity index (χ4v) is 1.45. The lowest BCUT2D eigenvalue weighted by molar-refractivity contribution is 0.319. The van der Waals surface area contributed by atoms with Crippen LogP contribution in [0.1, 0.15) is 12.5 Å². The molecule has 0 aliphatic rings. The third-order valence-electron chi connectivity index (χ3n) is 2.33. The largest absolute Gasteiger partial charge is 0.411 e. The number of aromatic nitrogens is 1. The number of nitrogens with zero attached hydrogens (tertiary/aromatic N) is 1. The quantitative estimate of drug-likeness (QED) is 0.420. The predicted octanol–water partition coefficient (Wildman–Crippen LogP) is 1.73. The highest BCUT2D eigenvalue weighted by atomic mass is 16.4. The maximum Gasteiger partial charge on any atom is 0.189 e. The summed E-state index contributed by atoms with van der Waals surface area (Å²) in [5, 5.41) is 12.3. The zero-order chi connectivity index (χ0) is 10.8. The van der Waals surface area contributed by atoms with E-state index in [9.17, 15) is 4.79 Å². The van der Waals surface area contributed by atoms with Crippen LogP contribution in [0.25, 0.3) is 10.9 Å². The fraction of sp³-hybridized carbons (Fsp3) is 0.0909. The number of aromatic amines is 1. The summed E-state index contributed by atoms with van der Waals surface area (Å²) in [6, 6.07) is 6.77. The minimum absolute atomic E-state index is 0.0451. The highest BCUT2D eigenvalue weighted by Gasteiger charge is 2.02. The van der Waals surface area contributed by atoms with Gasteiger partial charge in [-0.25, -0.2) is 0 Å². The van der Waals surface area contributed by atoms with Crippen LogP contribution in [0, 0.1) is 0 Å². The summed E-state index contributed by atoms with van der Waals surface area (Å²) in [5.41, 5.74) is 1.95. The van der Waals surface area contributed by atoms with Crippen molar-refractivity contribution in [3.05, 3.63) is 46.2 Å². The van der Waals surface area contributed by atoms with Crippen molar-refractivity contribution in [1.29, 1.82) is 0 Å². The molecule has 15 heavy (non-hydrogen) atoms. The van der Waals surface area contributed by atoms with Gasteiger partial charge in [0.1, 0.15) is 0 Å². The monoisotopic (exact) mass is 202 g/mol. The van der Waals surface area contributed by atoms with Crippen LogP contribution in [0.5, 0.6) is 0 Å². The van der Waals surface area contributed by atoms with E-state index in [2.05, 4.69) is 10.1 Å². The second-order valence-electron chi connectivity index (χ2n) is 3.29. The molecule has 4 nitrogen and oxygen atoms in total. The lowest BCUT2D eigenvalue weighted by Crippen LogP contribution is -2.02. The number of pyridine rings is 1. The Morgan fingerprint density at radius 1 is 1.40 bits per heavy atom. The molecule has 1 heterocycles. The van der Waals surface area contributed by atoms with Crippen molar-refractivity contribution in [2.45, 2.75) is 6.92 Å². The lowest BCUT2D eigenvalue weighted by atomic mass is 10.1. The minimum atomic E-state index is -0.0451. The number of hydrogen-bond acceptors (Lipinski definition) is 3. The molecule has 4 heteroatoms. The van der Waals surface area contributed by atoms with Crippen LogP contribution in [-0.2, 0) is 0 Å². The SMILES string of the molecule is CC(=NO)c1ccc2[nH]ccc(=O)c2c1. The van der Waals surface area contributed by atoms with Gasteiger partial charge in [-0.2, -0.15) is 0 Å². The van der Waals surface area contributed by atoms with Gasteiger partial charge in [0.25, 0.3) is 0 Å². The van der Waals surface area contributed by atoms with E-state index in [1.165, 1.54) is 6.07 Å². The van der Waals surface area contributed by atoms with Gasteiger partial charge in [-0.1, -0.05) is 11.2 Å². The molecule has 0 aliphatic heterocycles. The van der Waals surface area contributed by atoms with Crippen molar-refractivity contribution < 1.29 is 5.21 Å². The molecule has 0 unspecified atom stereocenters. The van der Waals surface area contributed by atoms with Crippen molar-refractivity contribution in [2.24, 2.45) is 5.16 Å². The summed E-state index contributed by atoms with van der Waals surface area (Å²) >= 11 is 0. The van der Waals surface area contributed by atoms with Crippen LogP contribution in [0.3, 0.4) is 0 Å². The first-order chi connectivity index (χ1) is 7.22. The number of hydrogen-bond donors (Lipinski definition) is 2.